The Hall–Kier alpha value is -4.04. The third kappa shape index (κ3) is 4.79. The normalized spacial score (nSPS) is 10.7. The summed E-state index contributed by atoms with van der Waals surface area (Å²) in [4.78, 5) is 0. The van der Waals surface area contributed by atoms with Crippen LogP contribution in [0.2, 0.25) is 0 Å². The third-order valence-electron chi connectivity index (χ3n) is 5.91. The van der Waals surface area contributed by atoms with Crippen molar-refractivity contribution in [2.24, 2.45) is 0 Å². The van der Waals surface area contributed by atoms with Crippen LogP contribution >= 0.6 is 15.9 Å². The molecule has 0 unspecified atom stereocenters. The van der Waals surface area contributed by atoms with Crippen molar-refractivity contribution in [1.29, 1.82) is 0 Å². The van der Waals surface area contributed by atoms with Crippen LogP contribution in [0.15, 0.2) is 102 Å². The lowest BCUT2D eigenvalue weighted by molar-refractivity contribution is 0.350. The van der Waals surface area contributed by atoms with Crippen LogP contribution in [-0.2, 0) is 0 Å². The molecular weight excluding hydrogens is 500 g/mol. The maximum absolute atomic E-state index is 9.50. The minimum Gasteiger partial charge on any atom is -0.508 e. The molecule has 6 rings (SSSR count). The number of phenols is 2. The van der Waals surface area contributed by atoms with Crippen molar-refractivity contribution in [3.05, 3.63) is 107 Å². The van der Waals surface area contributed by atoms with Crippen molar-refractivity contribution >= 4 is 59.0 Å². The molecule has 0 aliphatic rings. The number of benzene rings is 6. The van der Waals surface area contributed by atoms with E-state index >= 15 is 0 Å². The predicted molar refractivity (Wildman–Crippen MR) is 148 cm³/mol. The largest absolute Gasteiger partial charge is 0.508 e. The quantitative estimate of drug-likeness (QED) is 0.143. The summed E-state index contributed by atoms with van der Waals surface area (Å²) in [6, 6.07) is 31.2. The number of aliphatic hydroxyl groups is 1. The molecule has 6 aromatic rings. The molecule has 35 heavy (non-hydrogen) atoms. The van der Waals surface area contributed by atoms with Crippen LogP contribution in [0.25, 0.3) is 43.1 Å². The standard InChI is InChI=1S/C17H12O2.C14H9BrO/c18-9-1-2-12-3-7-16-13(10-12)4-5-14-11-15(19)6-8-17(14)16;15-11-3-5-13-9(7-11)1-2-10-8-12(16)4-6-14(10)13/h3-8,10-11,18-19H,9H2;1-8,16H. The van der Waals surface area contributed by atoms with Crippen molar-refractivity contribution < 1.29 is 15.3 Å². The first-order valence-electron chi connectivity index (χ1n) is 11.1. The van der Waals surface area contributed by atoms with E-state index in [9.17, 15) is 10.2 Å². The highest BCUT2D eigenvalue weighted by molar-refractivity contribution is 9.10. The van der Waals surface area contributed by atoms with Gasteiger partial charge < -0.3 is 15.3 Å². The van der Waals surface area contributed by atoms with Gasteiger partial charge in [-0.3, -0.25) is 0 Å². The molecule has 0 heterocycles. The van der Waals surface area contributed by atoms with E-state index in [-0.39, 0.29) is 12.4 Å². The van der Waals surface area contributed by atoms with Gasteiger partial charge in [-0.2, -0.15) is 0 Å². The molecular formula is C31H21BrO3. The summed E-state index contributed by atoms with van der Waals surface area (Å²) < 4.78 is 1.08. The van der Waals surface area contributed by atoms with Gasteiger partial charge in [0.2, 0.25) is 0 Å². The fourth-order valence-corrected chi connectivity index (χ4v) is 4.69. The number of hydrogen-bond donors (Lipinski definition) is 3. The Kier molecular flexibility index (Phi) is 6.29. The maximum atomic E-state index is 9.50. The number of halogens is 1. The highest BCUT2D eigenvalue weighted by Crippen LogP contribution is 2.30. The molecule has 3 N–H and O–H groups in total. The molecule has 170 valence electrons. The highest BCUT2D eigenvalue weighted by Gasteiger charge is 2.03. The van der Waals surface area contributed by atoms with Crippen molar-refractivity contribution in [2.45, 2.75) is 0 Å². The first-order valence-corrected chi connectivity index (χ1v) is 11.9. The second kappa shape index (κ2) is 9.68. The van der Waals surface area contributed by atoms with Gasteiger partial charge in [0.1, 0.15) is 18.1 Å². The van der Waals surface area contributed by atoms with Gasteiger partial charge in [-0.05, 0) is 91.6 Å². The Morgan fingerprint density at radius 2 is 1.00 bits per heavy atom. The zero-order chi connectivity index (χ0) is 24.4. The number of hydrogen-bond acceptors (Lipinski definition) is 3. The lowest BCUT2D eigenvalue weighted by Gasteiger charge is -2.05. The smallest absolute Gasteiger partial charge is 0.116 e. The summed E-state index contributed by atoms with van der Waals surface area (Å²) in [5.74, 6) is 6.13. The molecule has 4 heteroatoms. The van der Waals surface area contributed by atoms with E-state index in [0.717, 1.165) is 37.0 Å². The van der Waals surface area contributed by atoms with Gasteiger partial charge in [0.25, 0.3) is 0 Å². The lowest BCUT2D eigenvalue weighted by Crippen LogP contribution is -1.81. The van der Waals surface area contributed by atoms with E-state index in [1.54, 1.807) is 24.3 Å². The predicted octanol–water partition coefficient (Wildman–Crippen LogP) is 7.50. The molecule has 0 radical (unpaired) electrons. The zero-order valence-electron chi connectivity index (χ0n) is 18.7. The van der Waals surface area contributed by atoms with Crippen LogP contribution < -0.4 is 0 Å². The third-order valence-corrected chi connectivity index (χ3v) is 6.41. The molecule has 0 aromatic heterocycles. The van der Waals surface area contributed by atoms with Crippen LogP contribution in [0, 0.1) is 11.8 Å². The number of phenolic OH excluding ortho intramolecular Hbond substituents is 2. The molecule has 0 aliphatic heterocycles. The molecule has 6 aromatic carbocycles. The average Bonchev–Trinajstić information content (AvgIpc) is 2.87. The highest BCUT2D eigenvalue weighted by atomic mass is 79.9. The van der Waals surface area contributed by atoms with Crippen LogP contribution in [0.1, 0.15) is 5.56 Å². The Morgan fingerprint density at radius 3 is 1.54 bits per heavy atom. The second-order valence-electron chi connectivity index (χ2n) is 8.20. The van der Waals surface area contributed by atoms with Gasteiger partial charge in [-0.25, -0.2) is 0 Å². The Labute approximate surface area is 211 Å². The van der Waals surface area contributed by atoms with Crippen LogP contribution in [-0.4, -0.2) is 21.9 Å². The van der Waals surface area contributed by atoms with Gasteiger partial charge in [0.05, 0.1) is 0 Å². The fraction of sp³-hybridized carbons (Fsp3) is 0.0323. The summed E-state index contributed by atoms with van der Waals surface area (Å²) in [5, 5.41) is 36.7. The first kappa shape index (κ1) is 22.7. The topological polar surface area (TPSA) is 60.7 Å². The minimum absolute atomic E-state index is 0.130. The molecule has 0 bridgehead atoms. The number of fused-ring (bicyclic) bond motifs is 6. The maximum Gasteiger partial charge on any atom is 0.116 e. The number of aliphatic hydroxyl groups excluding tert-OH is 1. The molecule has 0 amide bonds. The van der Waals surface area contributed by atoms with Gasteiger partial charge in [0, 0.05) is 10.0 Å². The van der Waals surface area contributed by atoms with Crippen LogP contribution in [0.4, 0.5) is 0 Å². The molecule has 0 saturated carbocycles. The van der Waals surface area contributed by atoms with Crippen LogP contribution in [0.3, 0.4) is 0 Å². The molecule has 0 saturated heterocycles. The lowest BCUT2D eigenvalue weighted by atomic mass is 10.00. The molecule has 0 fully saturated rings. The van der Waals surface area contributed by atoms with Crippen molar-refractivity contribution in [3.63, 3.8) is 0 Å². The van der Waals surface area contributed by atoms with Gasteiger partial charge in [0.15, 0.2) is 0 Å². The van der Waals surface area contributed by atoms with E-state index in [2.05, 4.69) is 46.0 Å². The van der Waals surface area contributed by atoms with E-state index in [0.29, 0.717) is 5.75 Å². The average molecular weight is 521 g/mol. The van der Waals surface area contributed by atoms with Gasteiger partial charge in [-0.15, -0.1) is 0 Å². The van der Waals surface area contributed by atoms with E-state index in [4.69, 9.17) is 5.11 Å². The van der Waals surface area contributed by atoms with Crippen molar-refractivity contribution in [1.82, 2.24) is 0 Å². The summed E-state index contributed by atoms with van der Waals surface area (Å²) in [6.45, 7) is -0.130. The van der Waals surface area contributed by atoms with Gasteiger partial charge in [-0.1, -0.05) is 76.3 Å². The summed E-state index contributed by atoms with van der Waals surface area (Å²) in [7, 11) is 0. The van der Waals surface area contributed by atoms with E-state index < -0.39 is 0 Å². The number of rotatable bonds is 0. The molecule has 0 atom stereocenters. The first-order chi connectivity index (χ1) is 17.0. The fourth-order valence-electron chi connectivity index (χ4n) is 4.31. The SMILES string of the molecule is OCC#Cc1ccc2c(ccc3cc(O)ccc32)c1.Oc1ccc2c(ccc3cc(Br)ccc32)c1. The Bertz CT molecular complexity index is 1720. The monoisotopic (exact) mass is 520 g/mol. The number of aromatic hydroxyl groups is 2. The minimum atomic E-state index is -0.130. The second-order valence-corrected chi connectivity index (χ2v) is 9.12. The van der Waals surface area contributed by atoms with E-state index in [1.165, 1.54) is 16.2 Å². The van der Waals surface area contributed by atoms with Crippen molar-refractivity contribution in [3.8, 4) is 23.3 Å². The summed E-state index contributed by atoms with van der Waals surface area (Å²) in [5.41, 5.74) is 0.889. The molecule has 0 spiro atoms. The zero-order valence-corrected chi connectivity index (χ0v) is 20.3. The summed E-state index contributed by atoms with van der Waals surface area (Å²) in [6.07, 6.45) is 0. The Morgan fingerprint density at radius 1 is 0.543 bits per heavy atom. The molecule has 0 aliphatic carbocycles. The van der Waals surface area contributed by atoms with Crippen LogP contribution in [0.5, 0.6) is 11.5 Å². The summed E-state index contributed by atoms with van der Waals surface area (Å²) >= 11 is 3.47. The van der Waals surface area contributed by atoms with Crippen molar-refractivity contribution in [2.75, 3.05) is 6.61 Å². The van der Waals surface area contributed by atoms with Gasteiger partial charge >= 0.3 is 0 Å². The molecule has 3 nitrogen and oxygen atoms in total. The Balaban J connectivity index is 0.000000147. The van der Waals surface area contributed by atoms with E-state index in [1.807, 2.05) is 54.6 Å².